The van der Waals surface area contributed by atoms with E-state index in [0.717, 1.165) is 35.5 Å². The second kappa shape index (κ2) is 8.46. The van der Waals surface area contributed by atoms with Crippen molar-refractivity contribution in [2.75, 3.05) is 6.16 Å². The van der Waals surface area contributed by atoms with Crippen LogP contribution in [0.5, 0.6) is 0 Å². The molecule has 2 heteroatoms. The fraction of sp³-hybridized carbons (Fsp3) is 1.00. The van der Waals surface area contributed by atoms with Crippen LogP contribution in [0, 0.1) is 51.8 Å². The van der Waals surface area contributed by atoms with E-state index in [2.05, 4.69) is 50.8 Å². The van der Waals surface area contributed by atoms with Crippen LogP contribution < -0.4 is 0 Å². The largest absolute Gasteiger partial charge is 0.129 e. The molecule has 0 amide bonds. The van der Waals surface area contributed by atoms with Gasteiger partial charge in [0.15, 0.2) is 0 Å². The minimum atomic E-state index is -0.0626. The van der Waals surface area contributed by atoms with Crippen molar-refractivity contribution in [3.8, 4) is 0 Å². The number of hydrogen-bond acceptors (Lipinski definition) is 0. The first-order valence-corrected chi connectivity index (χ1v) is 18.9. The highest BCUT2D eigenvalue weighted by molar-refractivity contribution is 7.60. The maximum Gasteiger partial charge on any atom is 0.00222 e. The average molecular weight is 543 g/mol. The smallest absolute Gasteiger partial charge is 0.00222 e. The molecule has 8 bridgehead atoms. The molecule has 0 aromatic carbocycles. The van der Waals surface area contributed by atoms with E-state index >= 15 is 0 Å². The lowest BCUT2D eigenvalue weighted by Crippen LogP contribution is -2.72. The maximum absolute atomic E-state index is 4.03. The lowest BCUT2D eigenvalue weighted by Gasteiger charge is -2.76. The Hall–Kier alpha value is 0.860. The van der Waals surface area contributed by atoms with Crippen LogP contribution in [0.1, 0.15) is 144 Å². The van der Waals surface area contributed by atoms with Crippen LogP contribution in [-0.4, -0.2) is 21.6 Å². The van der Waals surface area contributed by atoms with Gasteiger partial charge in [-0.05, 0) is 158 Å². The molecular formula is C35H60P2. The summed E-state index contributed by atoms with van der Waals surface area (Å²) in [5, 5.41) is 1.38. The van der Waals surface area contributed by atoms with Gasteiger partial charge in [-0.15, -0.1) is 9.24 Å². The fourth-order valence-electron chi connectivity index (χ4n) is 14.4. The van der Waals surface area contributed by atoms with Crippen molar-refractivity contribution in [1.29, 1.82) is 0 Å². The molecule has 0 saturated heterocycles. The van der Waals surface area contributed by atoms with E-state index in [1.54, 1.807) is 96.1 Å². The second-order valence-corrected chi connectivity index (χ2v) is 23.3. The molecule has 210 valence electrons. The zero-order valence-corrected chi connectivity index (χ0v) is 27.6. The summed E-state index contributed by atoms with van der Waals surface area (Å²) in [5.74, 6) is 6.45. The van der Waals surface area contributed by atoms with Gasteiger partial charge in [-0.3, -0.25) is 0 Å². The second-order valence-electron chi connectivity index (χ2n) is 18.6. The molecule has 0 heterocycles. The Morgan fingerprint density at radius 3 is 1.14 bits per heavy atom. The molecule has 0 nitrogen and oxygen atoms in total. The van der Waals surface area contributed by atoms with E-state index < -0.39 is 0 Å². The Morgan fingerprint density at radius 2 is 0.865 bits per heavy atom. The highest BCUT2D eigenvalue weighted by atomic mass is 31.1. The molecule has 9 rings (SSSR count). The Kier molecular flexibility index (Phi) is 6.11. The first-order chi connectivity index (χ1) is 17.3. The van der Waals surface area contributed by atoms with E-state index in [1.807, 2.05) is 0 Å². The lowest BCUT2D eigenvalue weighted by atomic mass is 9.34. The van der Waals surface area contributed by atoms with Crippen molar-refractivity contribution in [2.24, 2.45) is 51.8 Å². The molecule has 9 fully saturated rings. The summed E-state index contributed by atoms with van der Waals surface area (Å²) in [7, 11) is 3.97. The van der Waals surface area contributed by atoms with Gasteiger partial charge in [-0.2, -0.15) is 0 Å². The van der Waals surface area contributed by atoms with Gasteiger partial charge < -0.3 is 0 Å². The molecule has 0 aromatic rings. The molecule has 0 aromatic heterocycles. The predicted molar refractivity (Wildman–Crippen MR) is 166 cm³/mol. The topological polar surface area (TPSA) is 0 Å². The average Bonchev–Trinajstić information content (AvgIpc) is 3.23. The molecule has 9 aliphatic carbocycles. The molecule has 0 N–H and O–H groups in total. The molecule has 1 atom stereocenters. The van der Waals surface area contributed by atoms with Gasteiger partial charge in [-0.1, -0.05) is 62.3 Å². The normalized spacial score (nSPS) is 47.7. The van der Waals surface area contributed by atoms with Gasteiger partial charge in [0.2, 0.25) is 0 Å². The van der Waals surface area contributed by atoms with Crippen molar-refractivity contribution in [2.45, 2.75) is 160 Å². The van der Waals surface area contributed by atoms with Crippen molar-refractivity contribution >= 4 is 17.2 Å². The first kappa shape index (κ1) is 26.7. The van der Waals surface area contributed by atoms with Crippen LogP contribution in [0.15, 0.2) is 0 Å². The van der Waals surface area contributed by atoms with Gasteiger partial charge in [0.1, 0.15) is 0 Å². The highest BCUT2D eigenvalue weighted by Crippen LogP contribution is 2.82. The lowest BCUT2D eigenvalue weighted by molar-refractivity contribution is -0.186. The van der Waals surface area contributed by atoms with Crippen molar-refractivity contribution < 1.29 is 0 Å². The molecule has 0 radical (unpaired) electrons. The Morgan fingerprint density at radius 1 is 0.568 bits per heavy atom. The van der Waals surface area contributed by atoms with Crippen molar-refractivity contribution in [1.82, 2.24) is 0 Å². The third-order valence-electron chi connectivity index (χ3n) is 14.2. The van der Waals surface area contributed by atoms with E-state index in [9.17, 15) is 0 Å². The summed E-state index contributed by atoms with van der Waals surface area (Å²) < 4.78 is 0. The van der Waals surface area contributed by atoms with Crippen LogP contribution in [0.3, 0.4) is 0 Å². The summed E-state index contributed by atoms with van der Waals surface area (Å²) in [6.07, 6.45) is 27.1. The quantitative estimate of drug-likeness (QED) is 0.303. The van der Waals surface area contributed by atoms with Gasteiger partial charge in [0, 0.05) is 5.16 Å². The van der Waals surface area contributed by atoms with Crippen molar-refractivity contribution in [3.05, 3.63) is 0 Å². The maximum atomic E-state index is 4.03. The van der Waals surface area contributed by atoms with E-state index in [0.29, 0.717) is 31.7 Å². The van der Waals surface area contributed by atoms with Gasteiger partial charge in [-0.25, -0.2) is 0 Å². The third kappa shape index (κ3) is 3.85. The number of rotatable bonds is 5. The van der Waals surface area contributed by atoms with E-state index in [1.165, 1.54) is 12.8 Å². The van der Waals surface area contributed by atoms with Gasteiger partial charge in [0.05, 0.1) is 0 Å². The molecule has 0 aliphatic heterocycles. The van der Waals surface area contributed by atoms with Crippen molar-refractivity contribution in [3.63, 3.8) is 0 Å². The van der Waals surface area contributed by atoms with Crippen LogP contribution in [-0.2, 0) is 0 Å². The van der Waals surface area contributed by atoms with E-state index in [4.69, 9.17) is 0 Å². The minimum absolute atomic E-state index is 0.0626. The monoisotopic (exact) mass is 542 g/mol. The SMILES string of the molecule is CC(C)(C)P(CC1(C(P)(C23CC4CC(CC(C4)C2)C3)C23CC4CC(CC(C4)C2)C3)CCCC1)C(C)(C)C. The highest BCUT2D eigenvalue weighted by Gasteiger charge is 2.74. The number of hydrogen-bond donors (Lipinski definition) is 0. The van der Waals surface area contributed by atoms with Gasteiger partial charge in [0.25, 0.3) is 0 Å². The molecule has 37 heavy (non-hydrogen) atoms. The summed E-state index contributed by atoms with van der Waals surface area (Å²) in [6.45, 7) is 15.7. The summed E-state index contributed by atoms with van der Waals surface area (Å²) in [5.41, 5.74) is 1.85. The summed E-state index contributed by atoms with van der Waals surface area (Å²) >= 11 is 0. The Bertz CT molecular complexity index is 765. The third-order valence-corrected chi connectivity index (χ3v) is 20.2. The fourth-order valence-corrected chi connectivity index (χ4v) is 19.8. The summed E-state index contributed by atoms with van der Waals surface area (Å²) in [4.78, 5) is 0. The van der Waals surface area contributed by atoms with Gasteiger partial charge >= 0.3 is 0 Å². The first-order valence-electron chi connectivity index (χ1n) is 16.8. The molecule has 9 saturated carbocycles. The Balaban J connectivity index is 1.41. The molecule has 1 unspecified atom stereocenters. The molecular weight excluding hydrogens is 482 g/mol. The standard InChI is InChI=1S/C35H60P2/c1-30(2,3)37(31(4,5)6)23-32(9-7-8-10-32)35(36,33-17-24-11-25(18-33)13-26(12-24)19-33)34-20-27-14-28(21-34)16-29(15-27)22-34/h24-29H,7-23,36H2,1-6H3. The molecule has 0 spiro atoms. The predicted octanol–water partition coefficient (Wildman–Crippen LogP) is 10.7. The van der Waals surface area contributed by atoms with Crippen LogP contribution in [0.2, 0.25) is 0 Å². The molecule has 9 aliphatic rings. The zero-order chi connectivity index (χ0) is 26.1. The summed E-state index contributed by atoms with van der Waals surface area (Å²) in [6, 6.07) is 0. The zero-order valence-electron chi connectivity index (χ0n) is 25.5. The van der Waals surface area contributed by atoms with E-state index in [-0.39, 0.29) is 7.92 Å². The van der Waals surface area contributed by atoms with Crippen LogP contribution >= 0.6 is 17.2 Å². The minimum Gasteiger partial charge on any atom is -0.129 e. The Labute approximate surface area is 234 Å². The van der Waals surface area contributed by atoms with Crippen LogP contribution in [0.25, 0.3) is 0 Å². The van der Waals surface area contributed by atoms with Crippen LogP contribution in [0.4, 0.5) is 0 Å².